The van der Waals surface area contributed by atoms with E-state index in [4.69, 9.17) is 11.5 Å². The van der Waals surface area contributed by atoms with Crippen molar-refractivity contribution < 1.29 is 9.59 Å². The Balaban J connectivity index is 2.06. The average Bonchev–Trinajstić information content (AvgIpc) is 3.02. The summed E-state index contributed by atoms with van der Waals surface area (Å²) in [5.41, 5.74) is 10.1. The summed E-state index contributed by atoms with van der Waals surface area (Å²) in [5.74, 6) is -0.0710. The number of amides is 2. The summed E-state index contributed by atoms with van der Waals surface area (Å²) in [6.45, 7) is 4.60. The lowest BCUT2D eigenvalue weighted by atomic mass is 9.89. The van der Waals surface area contributed by atoms with Crippen molar-refractivity contribution in [3.05, 3.63) is 0 Å². The fourth-order valence-electron chi connectivity index (χ4n) is 2.53. The van der Waals surface area contributed by atoms with Gasteiger partial charge in [0.15, 0.2) is 0 Å². The van der Waals surface area contributed by atoms with E-state index in [1.165, 1.54) is 0 Å². The van der Waals surface area contributed by atoms with E-state index in [0.29, 0.717) is 25.4 Å². The SMILES string of the molecule is CC1(C(N)=O)CCN(C(=O)C(C)(N)C2CC2)C1. The highest BCUT2D eigenvalue weighted by molar-refractivity contribution is 5.88. The van der Waals surface area contributed by atoms with E-state index in [0.717, 1.165) is 12.8 Å². The van der Waals surface area contributed by atoms with Crippen LogP contribution < -0.4 is 11.5 Å². The summed E-state index contributed by atoms with van der Waals surface area (Å²) in [7, 11) is 0. The molecule has 2 unspecified atom stereocenters. The highest BCUT2D eigenvalue weighted by Crippen LogP contribution is 2.40. The molecule has 5 heteroatoms. The van der Waals surface area contributed by atoms with Crippen LogP contribution in [0.1, 0.15) is 33.1 Å². The van der Waals surface area contributed by atoms with Crippen LogP contribution in [0.3, 0.4) is 0 Å². The number of rotatable bonds is 3. The fraction of sp³-hybridized carbons (Fsp3) is 0.833. The minimum Gasteiger partial charge on any atom is -0.369 e. The molecule has 2 rings (SSSR count). The highest BCUT2D eigenvalue weighted by Gasteiger charge is 2.49. The third kappa shape index (κ3) is 2.04. The second-order valence-electron chi connectivity index (χ2n) is 5.96. The van der Waals surface area contributed by atoms with Crippen molar-refractivity contribution >= 4 is 11.8 Å². The Hall–Kier alpha value is -1.10. The van der Waals surface area contributed by atoms with Gasteiger partial charge in [0.1, 0.15) is 0 Å². The van der Waals surface area contributed by atoms with Gasteiger partial charge in [-0.3, -0.25) is 9.59 Å². The van der Waals surface area contributed by atoms with Gasteiger partial charge in [-0.05, 0) is 39.0 Å². The van der Waals surface area contributed by atoms with Crippen LogP contribution in [0.4, 0.5) is 0 Å². The predicted octanol–water partition coefficient (Wildman–Crippen LogP) is -0.162. The Morgan fingerprint density at radius 1 is 1.41 bits per heavy atom. The Morgan fingerprint density at radius 3 is 2.41 bits per heavy atom. The number of likely N-dealkylation sites (tertiary alicyclic amines) is 1. The number of carbonyl (C=O) groups excluding carboxylic acids is 2. The smallest absolute Gasteiger partial charge is 0.242 e. The van der Waals surface area contributed by atoms with Gasteiger partial charge in [0.25, 0.3) is 0 Å². The van der Waals surface area contributed by atoms with Crippen molar-refractivity contribution in [2.75, 3.05) is 13.1 Å². The maximum absolute atomic E-state index is 12.3. The van der Waals surface area contributed by atoms with Gasteiger partial charge in [-0.1, -0.05) is 0 Å². The standard InChI is InChI=1S/C12H21N3O2/c1-11(9(13)16)5-6-15(7-11)10(17)12(2,14)8-3-4-8/h8H,3-7,14H2,1-2H3,(H2,13,16). The van der Waals surface area contributed by atoms with Crippen molar-refractivity contribution in [1.82, 2.24) is 4.90 Å². The minimum atomic E-state index is -0.775. The van der Waals surface area contributed by atoms with Crippen LogP contribution in [0, 0.1) is 11.3 Å². The van der Waals surface area contributed by atoms with Crippen LogP contribution in [0.5, 0.6) is 0 Å². The molecule has 1 saturated heterocycles. The Morgan fingerprint density at radius 2 is 2.00 bits per heavy atom. The first-order chi connectivity index (χ1) is 7.77. The van der Waals surface area contributed by atoms with Crippen molar-refractivity contribution in [2.24, 2.45) is 22.8 Å². The molecule has 2 aliphatic rings. The lowest BCUT2D eigenvalue weighted by Crippen LogP contribution is -2.55. The van der Waals surface area contributed by atoms with Crippen molar-refractivity contribution in [3.63, 3.8) is 0 Å². The third-order valence-corrected chi connectivity index (χ3v) is 4.24. The highest BCUT2D eigenvalue weighted by atomic mass is 16.2. The maximum atomic E-state index is 12.3. The summed E-state index contributed by atoms with van der Waals surface area (Å²) in [5, 5.41) is 0. The van der Waals surface area contributed by atoms with Crippen LogP contribution in [-0.2, 0) is 9.59 Å². The van der Waals surface area contributed by atoms with Crippen LogP contribution in [0.25, 0.3) is 0 Å². The van der Waals surface area contributed by atoms with Crippen molar-refractivity contribution in [2.45, 2.75) is 38.6 Å². The van der Waals surface area contributed by atoms with Gasteiger partial charge in [-0.2, -0.15) is 0 Å². The van der Waals surface area contributed by atoms with Gasteiger partial charge in [0, 0.05) is 13.1 Å². The zero-order valence-electron chi connectivity index (χ0n) is 10.5. The molecule has 0 spiro atoms. The van der Waals surface area contributed by atoms with Crippen LogP contribution in [0.15, 0.2) is 0 Å². The van der Waals surface area contributed by atoms with E-state index < -0.39 is 11.0 Å². The summed E-state index contributed by atoms with van der Waals surface area (Å²) in [6, 6.07) is 0. The second kappa shape index (κ2) is 3.70. The molecule has 5 nitrogen and oxygen atoms in total. The molecule has 0 aromatic rings. The molecule has 2 atom stereocenters. The Kier molecular flexibility index (Phi) is 2.69. The first-order valence-corrected chi connectivity index (χ1v) is 6.15. The number of carbonyl (C=O) groups is 2. The normalized spacial score (nSPS) is 32.3. The molecule has 1 saturated carbocycles. The minimum absolute atomic E-state index is 0.0371. The number of hydrogen-bond donors (Lipinski definition) is 2. The van der Waals surface area contributed by atoms with Gasteiger partial charge >= 0.3 is 0 Å². The molecule has 17 heavy (non-hydrogen) atoms. The van der Waals surface area contributed by atoms with Gasteiger partial charge in [0.2, 0.25) is 11.8 Å². The van der Waals surface area contributed by atoms with Gasteiger partial charge < -0.3 is 16.4 Å². The van der Waals surface area contributed by atoms with Gasteiger partial charge in [0.05, 0.1) is 11.0 Å². The van der Waals surface area contributed by atoms with Gasteiger partial charge in [-0.15, -0.1) is 0 Å². The molecule has 96 valence electrons. The molecular weight excluding hydrogens is 218 g/mol. The van der Waals surface area contributed by atoms with Crippen LogP contribution in [-0.4, -0.2) is 35.3 Å². The third-order valence-electron chi connectivity index (χ3n) is 4.24. The Bertz CT molecular complexity index is 363. The first kappa shape index (κ1) is 12.4. The van der Waals surface area contributed by atoms with E-state index in [9.17, 15) is 9.59 Å². The molecule has 1 aliphatic heterocycles. The van der Waals surface area contributed by atoms with E-state index in [-0.39, 0.29) is 11.8 Å². The molecule has 2 fully saturated rings. The maximum Gasteiger partial charge on any atom is 0.242 e. The molecule has 0 aromatic carbocycles. The lowest BCUT2D eigenvalue weighted by Gasteiger charge is -2.30. The molecule has 0 radical (unpaired) electrons. The molecular formula is C12H21N3O2. The molecule has 1 heterocycles. The number of primary amides is 1. The van der Waals surface area contributed by atoms with E-state index in [2.05, 4.69) is 0 Å². The average molecular weight is 239 g/mol. The monoisotopic (exact) mass is 239 g/mol. The largest absolute Gasteiger partial charge is 0.369 e. The quantitative estimate of drug-likeness (QED) is 0.717. The van der Waals surface area contributed by atoms with Gasteiger partial charge in [-0.25, -0.2) is 0 Å². The topological polar surface area (TPSA) is 89.4 Å². The molecule has 2 amide bonds. The number of hydrogen-bond acceptors (Lipinski definition) is 3. The Labute approximate surface area is 102 Å². The molecule has 4 N–H and O–H groups in total. The molecule has 1 aliphatic carbocycles. The second-order valence-corrected chi connectivity index (χ2v) is 5.96. The van der Waals surface area contributed by atoms with E-state index in [1.54, 1.807) is 11.8 Å². The molecule has 0 aromatic heterocycles. The molecule has 0 bridgehead atoms. The summed E-state index contributed by atoms with van der Waals surface area (Å²) in [4.78, 5) is 25.3. The van der Waals surface area contributed by atoms with Crippen LogP contribution >= 0.6 is 0 Å². The lowest BCUT2D eigenvalue weighted by molar-refractivity contribution is -0.137. The van der Waals surface area contributed by atoms with E-state index in [1.807, 2.05) is 6.92 Å². The zero-order valence-corrected chi connectivity index (χ0v) is 10.5. The zero-order chi connectivity index (χ0) is 12.8. The number of nitrogens with zero attached hydrogens (tertiary/aromatic N) is 1. The summed E-state index contributed by atoms with van der Waals surface area (Å²) >= 11 is 0. The summed E-state index contributed by atoms with van der Waals surface area (Å²) in [6.07, 6.45) is 2.69. The number of nitrogens with two attached hydrogens (primary N) is 2. The van der Waals surface area contributed by atoms with Crippen LogP contribution in [0.2, 0.25) is 0 Å². The predicted molar refractivity (Wildman–Crippen MR) is 63.8 cm³/mol. The van der Waals surface area contributed by atoms with Crippen molar-refractivity contribution in [3.8, 4) is 0 Å². The van der Waals surface area contributed by atoms with E-state index >= 15 is 0 Å². The fourth-order valence-corrected chi connectivity index (χ4v) is 2.53. The van der Waals surface area contributed by atoms with Crippen molar-refractivity contribution in [1.29, 1.82) is 0 Å². The summed E-state index contributed by atoms with van der Waals surface area (Å²) < 4.78 is 0. The first-order valence-electron chi connectivity index (χ1n) is 6.15.